The SMILES string of the molecule is CC(C)(C)c1ccc(S(=O)(=O)NNC(=O)C2CCCN(CC(=O)c3cccs3)C2)cc1. The Labute approximate surface area is 187 Å². The molecule has 0 spiro atoms. The van der Waals surface area contributed by atoms with E-state index < -0.39 is 10.0 Å². The molecule has 31 heavy (non-hydrogen) atoms. The zero-order chi connectivity index (χ0) is 22.6. The predicted molar refractivity (Wildman–Crippen MR) is 121 cm³/mol. The summed E-state index contributed by atoms with van der Waals surface area (Å²) in [7, 11) is -3.87. The van der Waals surface area contributed by atoms with E-state index in [4.69, 9.17) is 0 Å². The zero-order valence-corrected chi connectivity index (χ0v) is 19.7. The number of nitrogens with zero attached hydrogens (tertiary/aromatic N) is 1. The van der Waals surface area contributed by atoms with Crippen molar-refractivity contribution < 1.29 is 18.0 Å². The number of Topliss-reactive ketones (excluding diaryl/α,β-unsaturated/α-hetero) is 1. The summed E-state index contributed by atoms with van der Waals surface area (Å²) in [5, 5.41) is 1.86. The minimum absolute atomic E-state index is 0.0375. The van der Waals surface area contributed by atoms with Gasteiger partial charge in [-0.1, -0.05) is 39.0 Å². The number of piperidine rings is 1. The van der Waals surface area contributed by atoms with E-state index in [0.717, 1.165) is 18.5 Å². The van der Waals surface area contributed by atoms with Crippen LogP contribution in [0.25, 0.3) is 0 Å². The molecule has 0 saturated carbocycles. The van der Waals surface area contributed by atoms with E-state index in [9.17, 15) is 18.0 Å². The van der Waals surface area contributed by atoms with Gasteiger partial charge >= 0.3 is 0 Å². The molecule has 2 N–H and O–H groups in total. The summed E-state index contributed by atoms with van der Waals surface area (Å²) in [6, 6.07) is 10.3. The van der Waals surface area contributed by atoms with Gasteiger partial charge in [0.15, 0.2) is 5.78 Å². The largest absolute Gasteiger partial charge is 0.295 e. The summed E-state index contributed by atoms with van der Waals surface area (Å²) in [6.45, 7) is 7.58. The van der Waals surface area contributed by atoms with Crippen LogP contribution >= 0.6 is 11.3 Å². The number of amides is 1. The Balaban J connectivity index is 1.55. The summed E-state index contributed by atoms with van der Waals surface area (Å²) in [5.41, 5.74) is 3.29. The van der Waals surface area contributed by atoms with Crippen molar-refractivity contribution >= 4 is 33.1 Å². The van der Waals surface area contributed by atoms with Gasteiger partial charge < -0.3 is 0 Å². The Hall–Kier alpha value is -2.07. The molecule has 1 saturated heterocycles. The predicted octanol–water partition coefficient (Wildman–Crippen LogP) is 2.95. The first kappa shape index (κ1) is 23.6. The maximum atomic E-state index is 12.6. The normalized spacial score (nSPS) is 18.0. The molecule has 7 nitrogen and oxygen atoms in total. The van der Waals surface area contributed by atoms with Gasteiger partial charge in [0.2, 0.25) is 5.91 Å². The molecule has 1 aromatic carbocycles. The van der Waals surface area contributed by atoms with Crippen molar-refractivity contribution in [3.05, 3.63) is 52.2 Å². The van der Waals surface area contributed by atoms with E-state index in [1.165, 1.54) is 23.5 Å². The lowest BCUT2D eigenvalue weighted by Gasteiger charge is -2.31. The fourth-order valence-electron chi connectivity index (χ4n) is 3.54. The second-order valence-corrected chi connectivity index (χ2v) is 11.5. The van der Waals surface area contributed by atoms with Crippen molar-refractivity contribution in [1.29, 1.82) is 0 Å². The molecule has 1 aromatic heterocycles. The lowest BCUT2D eigenvalue weighted by molar-refractivity contribution is -0.127. The number of benzene rings is 1. The van der Waals surface area contributed by atoms with Gasteiger partial charge in [-0.25, -0.2) is 8.42 Å². The van der Waals surface area contributed by atoms with Crippen LogP contribution in [0.4, 0.5) is 0 Å². The number of likely N-dealkylation sites (tertiary alicyclic amines) is 1. The smallest absolute Gasteiger partial charge is 0.257 e. The number of thiophene rings is 1. The number of hydrazine groups is 1. The average Bonchev–Trinajstić information content (AvgIpc) is 3.27. The number of rotatable bonds is 7. The van der Waals surface area contributed by atoms with E-state index in [0.29, 0.717) is 17.8 Å². The van der Waals surface area contributed by atoms with Crippen LogP contribution < -0.4 is 10.3 Å². The second kappa shape index (κ2) is 9.60. The van der Waals surface area contributed by atoms with Crippen molar-refractivity contribution in [3.63, 3.8) is 0 Å². The second-order valence-electron chi connectivity index (χ2n) is 8.84. The van der Waals surface area contributed by atoms with Gasteiger partial charge in [0.05, 0.1) is 22.2 Å². The number of carbonyl (C=O) groups excluding carboxylic acids is 2. The Bertz CT molecular complexity index is 1010. The number of nitrogens with one attached hydrogen (secondary N) is 2. The van der Waals surface area contributed by atoms with E-state index in [2.05, 4.69) is 31.0 Å². The van der Waals surface area contributed by atoms with Crippen LogP contribution in [0, 0.1) is 5.92 Å². The molecule has 168 valence electrons. The summed E-state index contributed by atoms with van der Waals surface area (Å²) in [5.74, 6) is -0.727. The Kier molecular flexibility index (Phi) is 7.31. The molecule has 9 heteroatoms. The molecule has 1 amide bonds. The molecule has 2 heterocycles. The van der Waals surface area contributed by atoms with E-state index in [-0.39, 0.29) is 34.5 Å². The van der Waals surface area contributed by atoms with Gasteiger partial charge in [-0.3, -0.25) is 19.9 Å². The number of carbonyl (C=O) groups is 2. The summed E-state index contributed by atoms with van der Waals surface area (Å²) >= 11 is 1.41. The molecule has 1 unspecified atom stereocenters. The fourth-order valence-corrected chi connectivity index (χ4v) is 5.05. The van der Waals surface area contributed by atoms with Crippen molar-refractivity contribution in [1.82, 2.24) is 15.2 Å². The van der Waals surface area contributed by atoms with Crippen LogP contribution in [0.5, 0.6) is 0 Å². The fraction of sp³-hybridized carbons (Fsp3) is 0.455. The van der Waals surface area contributed by atoms with Crippen molar-refractivity contribution in [2.24, 2.45) is 5.92 Å². The highest BCUT2D eigenvalue weighted by atomic mass is 32.2. The summed E-state index contributed by atoms with van der Waals surface area (Å²) in [6.07, 6.45) is 1.42. The summed E-state index contributed by atoms with van der Waals surface area (Å²) < 4.78 is 25.1. The molecule has 3 rings (SSSR count). The molecule has 0 bridgehead atoms. The molecular weight excluding hydrogens is 434 g/mol. The van der Waals surface area contributed by atoms with Gasteiger partial charge in [0, 0.05) is 6.54 Å². The van der Waals surface area contributed by atoms with Crippen molar-refractivity contribution in [2.45, 2.75) is 43.9 Å². The van der Waals surface area contributed by atoms with Gasteiger partial charge in [-0.2, -0.15) is 0 Å². The molecule has 1 atom stereocenters. The maximum absolute atomic E-state index is 12.6. The van der Waals surface area contributed by atoms with Crippen LogP contribution in [-0.2, 0) is 20.2 Å². The monoisotopic (exact) mass is 463 g/mol. The van der Waals surface area contributed by atoms with E-state index in [1.807, 2.05) is 16.3 Å². The van der Waals surface area contributed by atoms with Crippen molar-refractivity contribution in [2.75, 3.05) is 19.6 Å². The van der Waals surface area contributed by atoms with Gasteiger partial charge in [0.25, 0.3) is 10.0 Å². The minimum Gasteiger partial charge on any atom is -0.295 e. The van der Waals surface area contributed by atoms with Crippen LogP contribution in [0.1, 0.15) is 48.8 Å². The average molecular weight is 464 g/mol. The molecule has 1 aliphatic heterocycles. The third-order valence-electron chi connectivity index (χ3n) is 5.38. The van der Waals surface area contributed by atoms with Crippen LogP contribution in [0.15, 0.2) is 46.7 Å². The number of hydrogen-bond donors (Lipinski definition) is 2. The Morgan fingerprint density at radius 1 is 1.16 bits per heavy atom. The molecular formula is C22H29N3O4S2. The van der Waals surface area contributed by atoms with Crippen LogP contribution in [-0.4, -0.2) is 44.6 Å². The van der Waals surface area contributed by atoms with Crippen LogP contribution in [0.2, 0.25) is 0 Å². The first-order valence-corrected chi connectivity index (χ1v) is 12.6. The lowest BCUT2D eigenvalue weighted by Crippen LogP contribution is -2.49. The third kappa shape index (κ3) is 6.22. The van der Waals surface area contributed by atoms with Gasteiger partial charge in [-0.15, -0.1) is 16.2 Å². The highest BCUT2D eigenvalue weighted by molar-refractivity contribution is 7.89. The third-order valence-corrected chi connectivity index (χ3v) is 7.55. The number of sulfonamides is 1. The quantitative estimate of drug-likeness (QED) is 0.486. The van der Waals surface area contributed by atoms with Gasteiger partial charge in [-0.05, 0) is 53.9 Å². The minimum atomic E-state index is -3.87. The molecule has 0 radical (unpaired) electrons. The topological polar surface area (TPSA) is 95.6 Å². The standard InChI is InChI=1S/C22H29N3O4S2/c1-22(2,3)17-8-10-18(11-9-17)31(28,29)24-23-21(27)16-6-4-12-25(14-16)15-19(26)20-7-5-13-30-20/h5,7-11,13,16,24H,4,6,12,14-15H2,1-3H3,(H,23,27). The molecule has 2 aromatic rings. The van der Waals surface area contributed by atoms with Gasteiger partial charge in [0.1, 0.15) is 0 Å². The molecule has 0 aliphatic carbocycles. The van der Waals surface area contributed by atoms with Crippen molar-refractivity contribution in [3.8, 4) is 0 Å². The number of ketones is 1. The summed E-state index contributed by atoms with van der Waals surface area (Å²) in [4.78, 5) is 29.8. The maximum Gasteiger partial charge on any atom is 0.257 e. The number of hydrogen-bond acceptors (Lipinski definition) is 6. The highest BCUT2D eigenvalue weighted by Crippen LogP contribution is 2.23. The highest BCUT2D eigenvalue weighted by Gasteiger charge is 2.28. The molecule has 1 fully saturated rings. The zero-order valence-electron chi connectivity index (χ0n) is 18.1. The lowest BCUT2D eigenvalue weighted by atomic mass is 9.87. The first-order chi connectivity index (χ1) is 14.6. The molecule has 1 aliphatic rings. The Morgan fingerprint density at radius 3 is 2.48 bits per heavy atom. The van der Waals surface area contributed by atoms with E-state index >= 15 is 0 Å². The Morgan fingerprint density at radius 2 is 1.87 bits per heavy atom. The van der Waals surface area contributed by atoms with E-state index in [1.54, 1.807) is 18.2 Å². The first-order valence-electron chi connectivity index (χ1n) is 10.3. The van der Waals surface area contributed by atoms with Crippen LogP contribution in [0.3, 0.4) is 0 Å².